The number of hydrogen-bond acceptors (Lipinski definition) is 3. The maximum absolute atomic E-state index is 5.86. The van der Waals surface area contributed by atoms with Crippen LogP contribution < -0.4 is 5.73 Å². The van der Waals surface area contributed by atoms with Gasteiger partial charge in [-0.15, -0.1) is 0 Å². The van der Waals surface area contributed by atoms with Crippen molar-refractivity contribution in [3.8, 4) is 0 Å². The van der Waals surface area contributed by atoms with Crippen LogP contribution >= 0.6 is 15.9 Å². The molecule has 2 N–H and O–H groups in total. The summed E-state index contributed by atoms with van der Waals surface area (Å²) in [6.07, 6.45) is 3.44. The van der Waals surface area contributed by atoms with Crippen molar-refractivity contribution in [2.24, 2.45) is 5.73 Å². The first-order valence-electron chi connectivity index (χ1n) is 5.88. The molecule has 0 aliphatic heterocycles. The second-order valence-corrected chi connectivity index (χ2v) is 5.17. The van der Waals surface area contributed by atoms with Crippen LogP contribution in [0.15, 0.2) is 51.7 Å². The number of likely N-dealkylation sites (N-methyl/N-ethyl adjacent to an activating group) is 1. The molecule has 2 aromatic rings. The van der Waals surface area contributed by atoms with E-state index in [9.17, 15) is 0 Å². The molecule has 0 saturated carbocycles. The average molecular weight is 309 g/mol. The van der Waals surface area contributed by atoms with Crippen molar-refractivity contribution < 1.29 is 4.42 Å². The first kappa shape index (κ1) is 13.3. The second-order valence-electron chi connectivity index (χ2n) is 4.31. The number of rotatable bonds is 5. The van der Waals surface area contributed by atoms with Gasteiger partial charge in [-0.2, -0.15) is 0 Å². The smallest absolute Gasteiger partial charge is 0.0950 e. The summed E-state index contributed by atoms with van der Waals surface area (Å²) < 4.78 is 6.25. The van der Waals surface area contributed by atoms with Crippen molar-refractivity contribution in [2.75, 3.05) is 13.6 Å². The molecule has 1 aromatic heterocycles. The fraction of sp³-hybridized carbons (Fsp3) is 0.286. The Morgan fingerprint density at radius 2 is 2.11 bits per heavy atom. The largest absolute Gasteiger partial charge is 0.472 e. The van der Waals surface area contributed by atoms with Crippen molar-refractivity contribution in [3.63, 3.8) is 0 Å². The lowest BCUT2D eigenvalue weighted by atomic mass is 10.1. The molecule has 0 radical (unpaired) electrons. The molecule has 1 aromatic carbocycles. The molecule has 0 bridgehead atoms. The summed E-state index contributed by atoms with van der Waals surface area (Å²) in [5.41, 5.74) is 8.23. The SMILES string of the molecule is CN(Cc1ccccc1Br)C(CN)c1ccoc1. The van der Waals surface area contributed by atoms with Crippen LogP contribution in [0, 0.1) is 0 Å². The van der Waals surface area contributed by atoms with Crippen molar-refractivity contribution in [1.82, 2.24) is 4.90 Å². The number of halogens is 1. The summed E-state index contributed by atoms with van der Waals surface area (Å²) in [7, 11) is 2.07. The van der Waals surface area contributed by atoms with E-state index >= 15 is 0 Å². The van der Waals surface area contributed by atoms with Gasteiger partial charge in [-0.1, -0.05) is 34.1 Å². The Balaban J connectivity index is 2.11. The Bertz CT molecular complexity index is 484. The van der Waals surface area contributed by atoms with Crippen LogP contribution in [0.2, 0.25) is 0 Å². The molecule has 3 nitrogen and oxygen atoms in total. The number of nitrogens with zero attached hydrogens (tertiary/aromatic N) is 1. The van der Waals surface area contributed by atoms with Gasteiger partial charge in [0.15, 0.2) is 0 Å². The average Bonchev–Trinajstić information content (AvgIpc) is 2.87. The van der Waals surface area contributed by atoms with Gasteiger partial charge < -0.3 is 10.2 Å². The van der Waals surface area contributed by atoms with Crippen LogP contribution in [0.5, 0.6) is 0 Å². The molecule has 0 aliphatic carbocycles. The number of benzene rings is 1. The third kappa shape index (κ3) is 3.02. The highest BCUT2D eigenvalue weighted by Crippen LogP contribution is 2.23. The molecule has 1 unspecified atom stereocenters. The van der Waals surface area contributed by atoms with Crippen LogP contribution in [0.25, 0.3) is 0 Å². The van der Waals surface area contributed by atoms with Gasteiger partial charge in [0.1, 0.15) is 0 Å². The van der Waals surface area contributed by atoms with E-state index in [0.717, 1.165) is 16.6 Å². The topological polar surface area (TPSA) is 42.4 Å². The van der Waals surface area contributed by atoms with E-state index in [1.165, 1.54) is 5.56 Å². The molecule has 18 heavy (non-hydrogen) atoms. The lowest BCUT2D eigenvalue weighted by molar-refractivity contribution is 0.240. The monoisotopic (exact) mass is 308 g/mol. The Labute approximate surface area is 116 Å². The van der Waals surface area contributed by atoms with Crippen LogP contribution in [-0.2, 0) is 6.54 Å². The first-order chi connectivity index (χ1) is 8.72. The van der Waals surface area contributed by atoms with Gasteiger partial charge in [0.05, 0.1) is 18.6 Å². The summed E-state index contributed by atoms with van der Waals surface area (Å²) >= 11 is 3.57. The van der Waals surface area contributed by atoms with Gasteiger partial charge in [0.25, 0.3) is 0 Å². The predicted octanol–water partition coefficient (Wildman–Crippen LogP) is 3.17. The molecule has 2 rings (SSSR count). The molecule has 0 saturated heterocycles. The van der Waals surface area contributed by atoms with Crippen molar-refractivity contribution in [3.05, 3.63) is 58.5 Å². The Kier molecular flexibility index (Phi) is 4.58. The molecule has 0 aliphatic rings. The highest BCUT2D eigenvalue weighted by atomic mass is 79.9. The predicted molar refractivity (Wildman–Crippen MR) is 76.1 cm³/mol. The number of hydrogen-bond donors (Lipinski definition) is 1. The molecular formula is C14H17BrN2O. The second kappa shape index (κ2) is 6.18. The van der Waals surface area contributed by atoms with Gasteiger partial charge in [0, 0.05) is 23.1 Å². The summed E-state index contributed by atoms with van der Waals surface area (Å²) in [6.45, 7) is 1.41. The van der Waals surface area contributed by atoms with Crippen LogP contribution in [0.4, 0.5) is 0 Å². The molecule has 1 heterocycles. The quantitative estimate of drug-likeness (QED) is 0.922. The molecule has 1 atom stereocenters. The van der Waals surface area contributed by atoms with Gasteiger partial charge >= 0.3 is 0 Å². The van der Waals surface area contributed by atoms with Crippen molar-refractivity contribution in [1.29, 1.82) is 0 Å². The fourth-order valence-electron chi connectivity index (χ4n) is 2.04. The van der Waals surface area contributed by atoms with E-state index in [1.54, 1.807) is 12.5 Å². The minimum absolute atomic E-state index is 0.177. The first-order valence-corrected chi connectivity index (χ1v) is 6.67. The zero-order valence-electron chi connectivity index (χ0n) is 10.3. The Morgan fingerprint density at radius 3 is 2.72 bits per heavy atom. The minimum Gasteiger partial charge on any atom is -0.472 e. The zero-order valence-corrected chi connectivity index (χ0v) is 11.9. The zero-order chi connectivity index (χ0) is 13.0. The van der Waals surface area contributed by atoms with E-state index in [-0.39, 0.29) is 6.04 Å². The van der Waals surface area contributed by atoms with E-state index < -0.39 is 0 Å². The summed E-state index contributed by atoms with van der Waals surface area (Å²) in [4.78, 5) is 2.23. The molecule has 96 valence electrons. The van der Waals surface area contributed by atoms with Gasteiger partial charge in [-0.25, -0.2) is 0 Å². The maximum Gasteiger partial charge on any atom is 0.0950 e. The van der Waals surface area contributed by atoms with E-state index in [4.69, 9.17) is 10.2 Å². The molecule has 0 fully saturated rings. The van der Waals surface area contributed by atoms with Crippen LogP contribution in [-0.4, -0.2) is 18.5 Å². The van der Waals surface area contributed by atoms with E-state index in [1.807, 2.05) is 18.2 Å². The summed E-state index contributed by atoms with van der Waals surface area (Å²) in [5, 5.41) is 0. The molecular weight excluding hydrogens is 292 g/mol. The fourth-order valence-corrected chi connectivity index (χ4v) is 2.45. The van der Waals surface area contributed by atoms with Crippen molar-refractivity contribution >= 4 is 15.9 Å². The van der Waals surface area contributed by atoms with Gasteiger partial charge in [-0.05, 0) is 24.7 Å². The summed E-state index contributed by atoms with van der Waals surface area (Å²) in [6, 6.07) is 10.4. The van der Waals surface area contributed by atoms with Crippen LogP contribution in [0.1, 0.15) is 17.2 Å². The lowest BCUT2D eigenvalue weighted by Gasteiger charge is -2.26. The highest BCUT2D eigenvalue weighted by molar-refractivity contribution is 9.10. The molecule has 0 spiro atoms. The number of nitrogens with two attached hydrogens (primary N) is 1. The molecule has 4 heteroatoms. The highest BCUT2D eigenvalue weighted by Gasteiger charge is 2.17. The summed E-state index contributed by atoms with van der Waals surface area (Å²) in [5.74, 6) is 0. The number of furan rings is 1. The van der Waals surface area contributed by atoms with Gasteiger partial charge in [-0.3, -0.25) is 4.90 Å². The standard InChI is InChI=1S/C14H17BrN2O/c1-17(9-11-4-2-3-5-13(11)15)14(8-16)12-6-7-18-10-12/h2-7,10,14H,8-9,16H2,1H3. The normalized spacial score (nSPS) is 12.9. The van der Waals surface area contributed by atoms with E-state index in [0.29, 0.717) is 6.54 Å². The third-order valence-electron chi connectivity index (χ3n) is 3.06. The Morgan fingerprint density at radius 1 is 1.33 bits per heavy atom. The van der Waals surface area contributed by atoms with E-state index in [2.05, 4.69) is 40.0 Å². The van der Waals surface area contributed by atoms with Crippen LogP contribution in [0.3, 0.4) is 0 Å². The van der Waals surface area contributed by atoms with Gasteiger partial charge in [0.2, 0.25) is 0 Å². The minimum atomic E-state index is 0.177. The Hall–Kier alpha value is -1.10. The van der Waals surface area contributed by atoms with Crippen molar-refractivity contribution in [2.45, 2.75) is 12.6 Å². The lowest BCUT2D eigenvalue weighted by Crippen LogP contribution is -2.30. The third-order valence-corrected chi connectivity index (χ3v) is 3.83. The maximum atomic E-state index is 5.86. The molecule has 0 amide bonds.